The Hall–Kier alpha value is -1.65. The Kier molecular flexibility index (Phi) is 6.86. The Labute approximate surface area is 157 Å². The van der Waals surface area contributed by atoms with Crippen LogP contribution in [0.25, 0.3) is 6.08 Å². The molecule has 0 unspecified atom stereocenters. The number of nitrogens with zero attached hydrogens (tertiary/aromatic N) is 1. The molecule has 26 heavy (non-hydrogen) atoms. The van der Waals surface area contributed by atoms with Crippen LogP contribution < -0.4 is 11.1 Å². The molecule has 4 nitrogen and oxygen atoms in total. The third-order valence-corrected chi connectivity index (χ3v) is 5.92. The molecule has 3 rings (SSSR count). The van der Waals surface area contributed by atoms with E-state index in [9.17, 15) is 4.79 Å². The van der Waals surface area contributed by atoms with Gasteiger partial charge in [0.05, 0.1) is 0 Å². The van der Waals surface area contributed by atoms with Gasteiger partial charge in [-0.3, -0.25) is 9.69 Å². The molecule has 1 atom stereocenters. The molecular weight excluding hydrogens is 322 g/mol. The van der Waals surface area contributed by atoms with E-state index in [1.165, 1.54) is 51.6 Å². The van der Waals surface area contributed by atoms with Gasteiger partial charge in [0.2, 0.25) is 5.91 Å². The van der Waals surface area contributed by atoms with Crippen molar-refractivity contribution in [3.63, 3.8) is 0 Å². The highest BCUT2D eigenvalue weighted by atomic mass is 16.1. The van der Waals surface area contributed by atoms with E-state index in [-0.39, 0.29) is 5.91 Å². The summed E-state index contributed by atoms with van der Waals surface area (Å²) in [4.78, 5) is 15.0. The molecule has 1 heterocycles. The Morgan fingerprint density at radius 1 is 1.19 bits per heavy atom. The Morgan fingerprint density at radius 3 is 2.65 bits per heavy atom. The SMILES string of the molecule is C/C(=C\c1ccccc1)C(=O)NC[C@@H]1CCCN1CC1CCC(N)CC1. The first-order chi connectivity index (χ1) is 12.6. The zero-order valence-corrected chi connectivity index (χ0v) is 16.0. The van der Waals surface area contributed by atoms with Crippen molar-refractivity contribution in [3.8, 4) is 0 Å². The normalized spacial score (nSPS) is 27.5. The zero-order valence-electron chi connectivity index (χ0n) is 16.0. The fourth-order valence-electron chi connectivity index (χ4n) is 4.28. The molecule has 2 aliphatic rings. The topological polar surface area (TPSA) is 58.4 Å². The predicted molar refractivity (Wildman–Crippen MR) is 108 cm³/mol. The molecule has 3 N–H and O–H groups in total. The van der Waals surface area contributed by atoms with Crippen LogP contribution in [0.4, 0.5) is 0 Å². The first-order valence-electron chi connectivity index (χ1n) is 10.1. The molecular formula is C22H33N3O. The van der Waals surface area contributed by atoms with Gasteiger partial charge < -0.3 is 11.1 Å². The smallest absolute Gasteiger partial charge is 0.246 e. The van der Waals surface area contributed by atoms with E-state index < -0.39 is 0 Å². The van der Waals surface area contributed by atoms with E-state index >= 15 is 0 Å². The third kappa shape index (κ3) is 5.42. The molecule has 1 amide bonds. The van der Waals surface area contributed by atoms with E-state index in [1.807, 2.05) is 43.3 Å². The number of amides is 1. The van der Waals surface area contributed by atoms with Crippen molar-refractivity contribution < 1.29 is 4.79 Å². The second-order valence-electron chi connectivity index (χ2n) is 8.02. The van der Waals surface area contributed by atoms with Crippen molar-refractivity contribution >= 4 is 12.0 Å². The van der Waals surface area contributed by atoms with Crippen LogP contribution in [0.2, 0.25) is 0 Å². The summed E-state index contributed by atoms with van der Waals surface area (Å²) in [6.07, 6.45) is 9.24. The van der Waals surface area contributed by atoms with Crippen LogP contribution in [-0.2, 0) is 4.79 Å². The maximum Gasteiger partial charge on any atom is 0.246 e. The molecule has 1 saturated heterocycles. The van der Waals surface area contributed by atoms with E-state index in [2.05, 4.69) is 10.2 Å². The highest BCUT2D eigenvalue weighted by molar-refractivity contribution is 5.97. The van der Waals surface area contributed by atoms with E-state index in [0.29, 0.717) is 12.1 Å². The lowest BCUT2D eigenvalue weighted by Gasteiger charge is -2.32. The molecule has 1 saturated carbocycles. The standard InChI is InChI=1S/C22H33N3O/c1-17(14-18-6-3-2-4-7-18)22(26)24-15-21-8-5-13-25(21)16-19-9-11-20(23)12-10-19/h2-4,6-7,14,19-21H,5,8-13,15-16,23H2,1H3,(H,24,26)/b17-14+/t19?,20?,21-/m0/s1. The van der Waals surface area contributed by atoms with Crippen molar-refractivity contribution in [2.45, 2.75) is 57.5 Å². The quantitative estimate of drug-likeness (QED) is 0.771. The number of nitrogens with one attached hydrogen (secondary N) is 1. The molecule has 0 aromatic heterocycles. The van der Waals surface area contributed by atoms with Crippen LogP contribution in [0, 0.1) is 5.92 Å². The van der Waals surface area contributed by atoms with E-state index in [1.54, 1.807) is 0 Å². The van der Waals surface area contributed by atoms with Crippen molar-refractivity contribution in [3.05, 3.63) is 41.5 Å². The largest absolute Gasteiger partial charge is 0.351 e. The number of likely N-dealkylation sites (tertiary alicyclic amines) is 1. The van der Waals surface area contributed by atoms with Crippen LogP contribution in [-0.4, -0.2) is 42.5 Å². The number of hydrogen-bond acceptors (Lipinski definition) is 3. The van der Waals surface area contributed by atoms with Gasteiger partial charge in [0.1, 0.15) is 0 Å². The third-order valence-electron chi connectivity index (χ3n) is 5.92. The van der Waals surface area contributed by atoms with Gasteiger partial charge in [0, 0.05) is 30.7 Å². The molecule has 0 bridgehead atoms. The minimum Gasteiger partial charge on any atom is -0.351 e. The van der Waals surface area contributed by atoms with Crippen LogP contribution in [0.5, 0.6) is 0 Å². The number of carbonyl (C=O) groups excluding carboxylic acids is 1. The summed E-state index contributed by atoms with van der Waals surface area (Å²) in [5, 5.41) is 3.15. The molecule has 142 valence electrons. The Morgan fingerprint density at radius 2 is 1.92 bits per heavy atom. The molecule has 1 aliphatic heterocycles. The summed E-state index contributed by atoms with van der Waals surface area (Å²) in [5.74, 6) is 0.829. The average Bonchev–Trinajstić information content (AvgIpc) is 3.09. The predicted octanol–water partition coefficient (Wildman–Crippen LogP) is 3.19. The van der Waals surface area contributed by atoms with E-state index in [0.717, 1.165) is 23.6 Å². The van der Waals surface area contributed by atoms with Gasteiger partial charge in [0.25, 0.3) is 0 Å². The van der Waals surface area contributed by atoms with Gasteiger partial charge in [0.15, 0.2) is 0 Å². The van der Waals surface area contributed by atoms with Gasteiger partial charge in [-0.1, -0.05) is 30.3 Å². The Bertz CT molecular complexity index is 605. The van der Waals surface area contributed by atoms with Crippen molar-refractivity contribution in [1.82, 2.24) is 10.2 Å². The highest BCUT2D eigenvalue weighted by Crippen LogP contribution is 2.27. The first-order valence-corrected chi connectivity index (χ1v) is 10.1. The summed E-state index contributed by atoms with van der Waals surface area (Å²) >= 11 is 0. The lowest BCUT2D eigenvalue weighted by Crippen LogP contribution is -2.43. The van der Waals surface area contributed by atoms with Crippen LogP contribution >= 0.6 is 0 Å². The molecule has 1 aliphatic carbocycles. The second-order valence-corrected chi connectivity index (χ2v) is 8.02. The summed E-state index contributed by atoms with van der Waals surface area (Å²) in [5.41, 5.74) is 7.86. The van der Waals surface area contributed by atoms with Crippen LogP contribution in [0.1, 0.15) is 51.0 Å². The summed E-state index contributed by atoms with van der Waals surface area (Å²) < 4.78 is 0. The number of hydrogen-bond donors (Lipinski definition) is 2. The monoisotopic (exact) mass is 355 g/mol. The summed E-state index contributed by atoms with van der Waals surface area (Å²) in [7, 11) is 0. The summed E-state index contributed by atoms with van der Waals surface area (Å²) in [6, 6.07) is 10.9. The molecule has 2 fully saturated rings. The van der Waals surface area contributed by atoms with Gasteiger partial charge >= 0.3 is 0 Å². The molecule has 0 radical (unpaired) electrons. The van der Waals surface area contributed by atoms with E-state index in [4.69, 9.17) is 5.73 Å². The zero-order chi connectivity index (χ0) is 18.4. The Balaban J connectivity index is 1.47. The maximum absolute atomic E-state index is 12.4. The molecule has 1 aromatic carbocycles. The second kappa shape index (κ2) is 9.33. The minimum absolute atomic E-state index is 0.0457. The first kappa shape index (κ1) is 19.1. The highest BCUT2D eigenvalue weighted by Gasteiger charge is 2.28. The fraction of sp³-hybridized carbons (Fsp3) is 0.591. The number of benzene rings is 1. The number of carbonyl (C=O) groups is 1. The maximum atomic E-state index is 12.4. The van der Waals surface area contributed by atoms with Gasteiger partial charge in [-0.2, -0.15) is 0 Å². The average molecular weight is 356 g/mol. The minimum atomic E-state index is 0.0457. The van der Waals surface area contributed by atoms with Crippen LogP contribution in [0.3, 0.4) is 0 Å². The molecule has 0 spiro atoms. The van der Waals surface area contributed by atoms with Crippen molar-refractivity contribution in [2.24, 2.45) is 11.7 Å². The lowest BCUT2D eigenvalue weighted by atomic mass is 9.86. The number of nitrogens with two attached hydrogens (primary N) is 1. The summed E-state index contributed by atoms with van der Waals surface area (Å²) in [6.45, 7) is 4.99. The van der Waals surface area contributed by atoms with Gasteiger partial charge in [-0.15, -0.1) is 0 Å². The van der Waals surface area contributed by atoms with Gasteiger partial charge in [-0.25, -0.2) is 0 Å². The van der Waals surface area contributed by atoms with Crippen LogP contribution in [0.15, 0.2) is 35.9 Å². The molecule has 1 aromatic rings. The molecule has 4 heteroatoms. The lowest BCUT2D eigenvalue weighted by molar-refractivity contribution is -0.117. The van der Waals surface area contributed by atoms with Crippen molar-refractivity contribution in [1.29, 1.82) is 0 Å². The fourth-order valence-corrected chi connectivity index (χ4v) is 4.28. The van der Waals surface area contributed by atoms with Crippen molar-refractivity contribution in [2.75, 3.05) is 19.6 Å². The van der Waals surface area contributed by atoms with Gasteiger partial charge in [-0.05, 0) is 69.6 Å². The number of rotatable bonds is 6.